The minimum Gasteiger partial charge on any atom is -0.392 e. The molecule has 0 spiro atoms. The minimum atomic E-state index is -3.63. The Balaban J connectivity index is 2.40. The van der Waals surface area contributed by atoms with E-state index < -0.39 is 10.0 Å². The van der Waals surface area contributed by atoms with Crippen molar-refractivity contribution in [2.24, 2.45) is 10.8 Å². The fourth-order valence-electron chi connectivity index (χ4n) is 2.81. The van der Waals surface area contributed by atoms with Crippen LogP contribution in [0, 0.1) is 17.8 Å². The zero-order valence-corrected chi connectivity index (χ0v) is 15.4. The van der Waals surface area contributed by atoms with Gasteiger partial charge in [-0.05, 0) is 50.9 Å². The first kappa shape index (κ1) is 16.9. The van der Waals surface area contributed by atoms with Gasteiger partial charge in [-0.15, -0.1) is 0 Å². The fourth-order valence-corrected chi connectivity index (χ4v) is 5.40. The van der Waals surface area contributed by atoms with Crippen molar-refractivity contribution in [3.63, 3.8) is 0 Å². The first-order valence-corrected chi connectivity index (χ1v) is 9.15. The summed E-state index contributed by atoms with van der Waals surface area (Å²) in [6.07, 6.45) is 0. The summed E-state index contributed by atoms with van der Waals surface area (Å²) in [4.78, 5) is 0.185. The van der Waals surface area contributed by atoms with E-state index in [1.165, 1.54) is 6.07 Å². The van der Waals surface area contributed by atoms with Crippen LogP contribution in [0.1, 0.15) is 38.8 Å². The predicted octanol–water partition coefficient (Wildman–Crippen LogP) is 2.96. The number of aryl methyl sites for hydroxylation is 1. The van der Waals surface area contributed by atoms with Crippen LogP contribution in [0.4, 0.5) is 0 Å². The lowest BCUT2D eigenvalue weighted by atomic mass is 10.0. The van der Waals surface area contributed by atoms with Crippen molar-refractivity contribution in [3.8, 4) is 0 Å². The minimum absolute atomic E-state index is 0.0732. The molecule has 118 valence electrons. The lowest BCUT2D eigenvalue weighted by molar-refractivity contribution is 0.281. The molecule has 1 fully saturated rings. The van der Waals surface area contributed by atoms with Gasteiger partial charge in [0.2, 0.25) is 10.0 Å². The molecule has 1 aromatic carbocycles. The first-order chi connectivity index (χ1) is 9.45. The second kappa shape index (κ2) is 5.05. The third kappa shape index (κ3) is 2.67. The molecule has 1 aliphatic carbocycles. The summed E-state index contributed by atoms with van der Waals surface area (Å²) >= 11 is 3.35. The lowest BCUT2D eigenvalue weighted by Crippen LogP contribution is -2.30. The van der Waals surface area contributed by atoms with Gasteiger partial charge in [-0.1, -0.05) is 33.8 Å². The molecule has 1 aromatic rings. The molecule has 6 heteroatoms. The van der Waals surface area contributed by atoms with E-state index in [0.29, 0.717) is 10.0 Å². The van der Waals surface area contributed by atoms with Gasteiger partial charge >= 0.3 is 0 Å². The monoisotopic (exact) mass is 375 g/mol. The molecule has 0 aliphatic heterocycles. The molecule has 1 aliphatic rings. The molecule has 0 radical (unpaired) electrons. The van der Waals surface area contributed by atoms with E-state index in [9.17, 15) is 13.5 Å². The molecule has 0 amide bonds. The summed E-state index contributed by atoms with van der Waals surface area (Å²) < 4.78 is 28.7. The number of aliphatic hydroxyl groups excluding tert-OH is 1. The van der Waals surface area contributed by atoms with Crippen molar-refractivity contribution in [2.75, 3.05) is 0 Å². The highest BCUT2D eigenvalue weighted by atomic mass is 79.9. The van der Waals surface area contributed by atoms with Gasteiger partial charge in [0.1, 0.15) is 0 Å². The van der Waals surface area contributed by atoms with Gasteiger partial charge in [-0.2, -0.15) is 0 Å². The van der Waals surface area contributed by atoms with E-state index in [-0.39, 0.29) is 28.4 Å². The second-order valence-corrected chi connectivity index (χ2v) is 9.36. The van der Waals surface area contributed by atoms with Gasteiger partial charge in [0, 0.05) is 10.5 Å². The van der Waals surface area contributed by atoms with E-state index in [4.69, 9.17) is 0 Å². The van der Waals surface area contributed by atoms with Crippen molar-refractivity contribution in [1.82, 2.24) is 4.72 Å². The molecule has 0 atom stereocenters. The maximum atomic E-state index is 12.7. The van der Waals surface area contributed by atoms with E-state index in [1.807, 2.05) is 6.92 Å². The maximum absolute atomic E-state index is 12.7. The fraction of sp³-hybridized carbons (Fsp3) is 0.600. The number of nitrogens with one attached hydrogen (secondary N) is 1. The molecule has 0 saturated heterocycles. The molecule has 0 bridgehead atoms. The molecule has 0 aromatic heterocycles. The summed E-state index contributed by atoms with van der Waals surface area (Å²) in [6, 6.07) is 3.19. The van der Waals surface area contributed by atoms with Crippen LogP contribution in [0.5, 0.6) is 0 Å². The van der Waals surface area contributed by atoms with Gasteiger partial charge in [0.15, 0.2) is 0 Å². The van der Waals surface area contributed by atoms with Crippen LogP contribution in [0.15, 0.2) is 21.5 Å². The molecule has 0 unspecified atom stereocenters. The molecule has 0 heterocycles. The zero-order chi connectivity index (χ0) is 16.2. The smallest absolute Gasteiger partial charge is 0.242 e. The number of hydrogen-bond donors (Lipinski definition) is 2. The van der Waals surface area contributed by atoms with Crippen LogP contribution in [-0.2, 0) is 16.6 Å². The van der Waals surface area contributed by atoms with Crippen molar-refractivity contribution in [1.29, 1.82) is 0 Å². The normalized spacial score (nSPS) is 20.5. The Morgan fingerprint density at radius 1 is 1.24 bits per heavy atom. The molecule has 2 rings (SSSR count). The topological polar surface area (TPSA) is 66.4 Å². The molecule has 21 heavy (non-hydrogen) atoms. The number of benzene rings is 1. The van der Waals surface area contributed by atoms with Crippen LogP contribution in [0.25, 0.3) is 0 Å². The quantitative estimate of drug-likeness (QED) is 0.849. The molecular weight excluding hydrogens is 354 g/mol. The Bertz CT molecular complexity index is 666. The average molecular weight is 376 g/mol. The highest BCUT2D eigenvalue weighted by molar-refractivity contribution is 9.10. The molecular formula is C15H22BrNO3S. The van der Waals surface area contributed by atoms with Crippen LogP contribution in [0.3, 0.4) is 0 Å². The van der Waals surface area contributed by atoms with Gasteiger partial charge in [0.25, 0.3) is 0 Å². The van der Waals surface area contributed by atoms with Gasteiger partial charge in [-0.25, -0.2) is 13.1 Å². The van der Waals surface area contributed by atoms with Crippen LogP contribution in [-0.4, -0.2) is 19.6 Å². The maximum Gasteiger partial charge on any atom is 0.242 e. The van der Waals surface area contributed by atoms with E-state index in [2.05, 4.69) is 48.3 Å². The molecule has 1 saturated carbocycles. The Morgan fingerprint density at radius 2 is 1.76 bits per heavy atom. The van der Waals surface area contributed by atoms with Gasteiger partial charge < -0.3 is 5.11 Å². The largest absolute Gasteiger partial charge is 0.392 e. The first-order valence-electron chi connectivity index (χ1n) is 6.87. The summed E-state index contributed by atoms with van der Waals surface area (Å²) in [5.74, 6) is 0. The summed E-state index contributed by atoms with van der Waals surface area (Å²) in [6.45, 7) is 9.87. The highest BCUT2D eigenvalue weighted by Gasteiger charge is 2.66. The highest BCUT2D eigenvalue weighted by Crippen LogP contribution is 2.63. The third-order valence-corrected chi connectivity index (χ3v) is 7.81. The van der Waals surface area contributed by atoms with Crippen molar-refractivity contribution in [2.45, 2.75) is 52.2 Å². The van der Waals surface area contributed by atoms with Crippen molar-refractivity contribution < 1.29 is 13.5 Å². The average Bonchev–Trinajstić information content (AvgIpc) is 2.74. The number of hydrogen-bond acceptors (Lipinski definition) is 3. The van der Waals surface area contributed by atoms with E-state index >= 15 is 0 Å². The van der Waals surface area contributed by atoms with Crippen LogP contribution in [0.2, 0.25) is 0 Å². The Hall–Kier alpha value is -0.430. The van der Waals surface area contributed by atoms with Gasteiger partial charge in [0.05, 0.1) is 11.5 Å². The van der Waals surface area contributed by atoms with E-state index in [0.717, 1.165) is 5.56 Å². The molecule has 2 N–H and O–H groups in total. The Kier molecular flexibility index (Phi) is 4.07. The lowest BCUT2D eigenvalue weighted by Gasteiger charge is -2.13. The number of aliphatic hydroxyl groups is 1. The predicted molar refractivity (Wildman–Crippen MR) is 86.5 cm³/mol. The number of halogens is 1. The SMILES string of the molecule is Cc1cc(CO)cc(S(=O)(=O)NC2C(C)(C)C2(C)C)c1Br. The molecule has 4 nitrogen and oxygen atoms in total. The second-order valence-electron chi connectivity index (χ2n) is 6.88. The van der Waals surface area contributed by atoms with E-state index in [1.54, 1.807) is 6.07 Å². The zero-order valence-electron chi connectivity index (χ0n) is 13.0. The Morgan fingerprint density at radius 3 is 2.19 bits per heavy atom. The summed E-state index contributed by atoms with van der Waals surface area (Å²) in [5.41, 5.74) is 1.23. The van der Waals surface area contributed by atoms with Crippen LogP contribution >= 0.6 is 15.9 Å². The van der Waals surface area contributed by atoms with Crippen molar-refractivity contribution >= 4 is 26.0 Å². The summed E-state index contributed by atoms with van der Waals surface area (Å²) in [5, 5.41) is 9.27. The standard InChI is InChI=1S/C15H22BrNO3S/c1-9-6-10(8-18)7-11(12(9)16)21(19,20)17-13-14(2,3)15(13,4)5/h6-7,13,17-18H,8H2,1-5H3. The third-order valence-electron chi connectivity index (χ3n) is 5.05. The summed E-state index contributed by atoms with van der Waals surface area (Å²) in [7, 11) is -3.63. The Labute approximate surface area is 135 Å². The van der Waals surface area contributed by atoms with Crippen molar-refractivity contribution in [3.05, 3.63) is 27.7 Å². The number of rotatable bonds is 4. The van der Waals surface area contributed by atoms with Gasteiger partial charge in [-0.3, -0.25) is 0 Å². The number of sulfonamides is 1. The van der Waals surface area contributed by atoms with Crippen LogP contribution < -0.4 is 4.72 Å².